The highest BCUT2D eigenvalue weighted by atomic mass is 19.1. The average molecular weight is 663 g/mol. The lowest BCUT2D eigenvalue weighted by molar-refractivity contribution is -0.166. The first-order valence-corrected chi connectivity index (χ1v) is 17.4. The van der Waals surface area contributed by atoms with Gasteiger partial charge < -0.3 is 24.6 Å². The maximum absolute atomic E-state index is 15.8. The van der Waals surface area contributed by atoms with Crippen LogP contribution in [0.3, 0.4) is 0 Å². The van der Waals surface area contributed by atoms with Gasteiger partial charge in [-0.2, -0.15) is 5.10 Å². The van der Waals surface area contributed by atoms with Crippen LogP contribution < -0.4 is 10.1 Å². The van der Waals surface area contributed by atoms with Crippen LogP contribution in [0, 0.1) is 42.8 Å². The van der Waals surface area contributed by atoms with E-state index < -0.39 is 23.5 Å². The molecule has 0 saturated heterocycles. The van der Waals surface area contributed by atoms with E-state index in [0.717, 1.165) is 49.7 Å². The van der Waals surface area contributed by atoms with E-state index in [2.05, 4.69) is 5.32 Å². The fourth-order valence-electron chi connectivity index (χ4n) is 9.26. The van der Waals surface area contributed by atoms with E-state index in [1.807, 2.05) is 27.7 Å². The van der Waals surface area contributed by atoms with Crippen molar-refractivity contribution in [3.63, 3.8) is 0 Å². The van der Waals surface area contributed by atoms with Gasteiger partial charge in [-0.1, -0.05) is 0 Å². The Balaban J connectivity index is 1.33. The number of rotatable bonds is 8. The molecule has 4 bridgehead atoms. The fraction of sp³-hybridized carbons (Fsp3) is 0.622. The number of aliphatic hydroxyl groups excluding tert-OH is 1. The summed E-state index contributed by atoms with van der Waals surface area (Å²) in [6.45, 7) is 12.1. The zero-order valence-electron chi connectivity index (χ0n) is 28.8. The maximum atomic E-state index is 15.8. The van der Waals surface area contributed by atoms with Gasteiger partial charge in [0, 0.05) is 35.0 Å². The molecular formula is C37H47FN4O6. The van der Waals surface area contributed by atoms with Gasteiger partial charge in [-0.15, -0.1) is 0 Å². The first kappa shape index (κ1) is 33.0. The largest absolute Gasteiger partial charge is 0.490 e. The third-order valence-corrected chi connectivity index (χ3v) is 11.0. The first-order valence-electron chi connectivity index (χ1n) is 17.4. The molecule has 0 radical (unpaired) electrons. The molecule has 3 aromatic rings. The third kappa shape index (κ3) is 5.76. The number of aliphatic hydroxyl groups is 1. The van der Waals surface area contributed by atoms with E-state index in [1.165, 1.54) is 10.6 Å². The SMILES string of the molecule is CCOC(=O)[C@@H](OC(C)(C)C)c1c(C)nc2cc(C(=O)NCC34C[C@@H]5C[C@H](C3)C(O)[C@@H](C5)C4)nn2c1-c1cc(F)c2c(c1C)CCCO2. The Morgan fingerprint density at radius 1 is 1.19 bits per heavy atom. The minimum atomic E-state index is -1.19. The van der Waals surface area contributed by atoms with Gasteiger partial charge >= 0.3 is 5.97 Å². The minimum absolute atomic E-state index is 0.00525. The van der Waals surface area contributed by atoms with Crippen molar-refractivity contribution in [2.24, 2.45) is 23.2 Å². The monoisotopic (exact) mass is 662 g/mol. The highest BCUT2D eigenvalue weighted by Gasteiger charge is 2.55. The molecule has 2 N–H and O–H groups in total. The molecule has 3 heterocycles. The van der Waals surface area contributed by atoms with Crippen molar-refractivity contribution in [2.45, 2.75) is 104 Å². The number of halogens is 1. The molecule has 258 valence electrons. The Kier molecular flexibility index (Phi) is 8.30. The summed E-state index contributed by atoms with van der Waals surface area (Å²) in [6.07, 6.45) is 5.06. The number of aromatic nitrogens is 3. The Morgan fingerprint density at radius 2 is 1.92 bits per heavy atom. The van der Waals surface area contributed by atoms with E-state index in [-0.39, 0.29) is 35.5 Å². The Hall–Kier alpha value is -3.57. The second-order valence-electron chi connectivity index (χ2n) is 15.6. The molecule has 2 unspecified atom stereocenters. The lowest BCUT2D eigenvalue weighted by Crippen LogP contribution is -2.56. The Labute approximate surface area is 280 Å². The van der Waals surface area contributed by atoms with Gasteiger partial charge in [-0.05, 0) is 121 Å². The number of fused-ring (bicyclic) bond motifs is 2. The number of aryl methyl sites for hydroxylation is 1. The maximum Gasteiger partial charge on any atom is 0.340 e. The summed E-state index contributed by atoms with van der Waals surface area (Å²) in [5, 5.41) is 18.7. The topological polar surface area (TPSA) is 124 Å². The summed E-state index contributed by atoms with van der Waals surface area (Å²) in [7, 11) is 0. The Morgan fingerprint density at radius 3 is 2.60 bits per heavy atom. The molecule has 4 aliphatic carbocycles. The molecule has 1 amide bonds. The lowest BCUT2D eigenvalue weighted by Gasteiger charge is -2.58. The van der Waals surface area contributed by atoms with Crippen LogP contribution in [-0.2, 0) is 20.7 Å². The predicted octanol–water partition coefficient (Wildman–Crippen LogP) is 5.81. The van der Waals surface area contributed by atoms with Crippen LogP contribution in [0.1, 0.15) is 105 Å². The number of esters is 1. The number of carbonyl (C=O) groups is 2. The van der Waals surface area contributed by atoms with E-state index in [0.29, 0.717) is 65.5 Å². The molecule has 1 aliphatic heterocycles. The van der Waals surface area contributed by atoms with Gasteiger partial charge in [0.15, 0.2) is 29.0 Å². The molecular weight excluding hydrogens is 615 g/mol. The van der Waals surface area contributed by atoms with Gasteiger partial charge in [0.1, 0.15) is 0 Å². The van der Waals surface area contributed by atoms with E-state index >= 15 is 4.39 Å². The van der Waals surface area contributed by atoms with Gasteiger partial charge in [0.25, 0.3) is 5.91 Å². The molecule has 5 aliphatic rings. The molecule has 8 rings (SSSR count). The van der Waals surface area contributed by atoms with E-state index in [9.17, 15) is 14.7 Å². The third-order valence-electron chi connectivity index (χ3n) is 11.0. The van der Waals surface area contributed by atoms with Crippen LogP contribution in [0.4, 0.5) is 4.39 Å². The highest BCUT2D eigenvalue weighted by Crippen LogP contribution is 2.59. The summed E-state index contributed by atoms with van der Waals surface area (Å²) in [5.74, 6) is 0.0552. The van der Waals surface area contributed by atoms with Crippen molar-refractivity contribution in [1.29, 1.82) is 0 Å². The smallest absolute Gasteiger partial charge is 0.340 e. The van der Waals surface area contributed by atoms with Crippen LogP contribution in [0.5, 0.6) is 5.75 Å². The minimum Gasteiger partial charge on any atom is -0.490 e. The van der Waals surface area contributed by atoms with E-state index in [4.69, 9.17) is 24.3 Å². The van der Waals surface area contributed by atoms with Gasteiger partial charge in [0.05, 0.1) is 30.6 Å². The summed E-state index contributed by atoms with van der Waals surface area (Å²) in [5.41, 5.74) is 3.18. The second kappa shape index (κ2) is 12.1. The predicted molar refractivity (Wildman–Crippen MR) is 176 cm³/mol. The summed E-state index contributed by atoms with van der Waals surface area (Å²) < 4.78 is 34.9. The molecule has 11 heteroatoms. The van der Waals surface area contributed by atoms with Crippen LogP contribution in [0.25, 0.3) is 16.9 Å². The summed E-state index contributed by atoms with van der Waals surface area (Å²) in [4.78, 5) is 32.2. The van der Waals surface area contributed by atoms with Crippen LogP contribution in [0.2, 0.25) is 0 Å². The number of hydrogen-bond donors (Lipinski definition) is 2. The second-order valence-corrected chi connectivity index (χ2v) is 15.6. The van der Waals surface area contributed by atoms with Gasteiger partial charge in [-0.25, -0.2) is 18.7 Å². The quantitative estimate of drug-likeness (QED) is 0.290. The number of nitrogens with one attached hydrogen (secondary N) is 1. The molecule has 2 aromatic heterocycles. The molecule has 10 nitrogen and oxygen atoms in total. The molecule has 48 heavy (non-hydrogen) atoms. The highest BCUT2D eigenvalue weighted by molar-refractivity contribution is 5.94. The summed E-state index contributed by atoms with van der Waals surface area (Å²) >= 11 is 0. The molecule has 1 aromatic carbocycles. The number of nitrogens with zero attached hydrogens (tertiary/aromatic N) is 3. The van der Waals surface area contributed by atoms with Crippen LogP contribution in [-0.4, -0.2) is 63.0 Å². The molecule has 6 atom stereocenters. The van der Waals surface area contributed by atoms with Crippen molar-refractivity contribution in [2.75, 3.05) is 19.8 Å². The average Bonchev–Trinajstić information content (AvgIpc) is 3.46. The summed E-state index contributed by atoms with van der Waals surface area (Å²) in [6, 6.07) is 3.05. The fourth-order valence-corrected chi connectivity index (χ4v) is 9.26. The molecule has 4 fully saturated rings. The number of benzene rings is 1. The van der Waals surface area contributed by atoms with Crippen molar-refractivity contribution in [3.05, 3.63) is 46.0 Å². The van der Waals surface area contributed by atoms with Crippen molar-refractivity contribution in [1.82, 2.24) is 19.9 Å². The van der Waals surface area contributed by atoms with Gasteiger partial charge in [-0.3, -0.25) is 4.79 Å². The number of carbonyl (C=O) groups excluding carboxylic acids is 2. The van der Waals surface area contributed by atoms with Crippen molar-refractivity contribution in [3.8, 4) is 17.0 Å². The van der Waals surface area contributed by atoms with Gasteiger partial charge in [0.2, 0.25) is 0 Å². The normalized spacial score (nSPS) is 26.7. The van der Waals surface area contributed by atoms with Crippen molar-refractivity contribution >= 4 is 17.5 Å². The number of amides is 1. The Bertz CT molecular complexity index is 1760. The zero-order chi connectivity index (χ0) is 34.1. The first-order chi connectivity index (χ1) is 22.8. The van der Waals surface area contributed by atoms with Crippen LogP contribution >= 0.6 is 0 Å². The molecule has 0 spiro atoms. The lowest BCUT2D eigenvalue weighted by atomic mass is 9.48. The number of ether oxygens (including phenoxy) is 3. The van der Waals surface area contributed by atoms with Crippen molar-refractivity contribution < 1.29 is 33.3 Å². The van der Waals surface area contributed by atoms with Crippen LogP contribution in [0.15, 0.2) is 12.1 Å². The molecule has 4 saturated carbocycles. The zero-order valence-corrected chi connectivity index (χ0v) is 28.8. The number of hydrogen-bond acceptors (Lipinski definition) is 8. The van der Waals surface area contributed by atoms with E-state index in [1.54, 1.807) is 19.9 Å². The standard InChI is InChI=1S/C37H47FN4O6/c1-7-46-35(45)33(48-36(4,5)6)29-20(3)40-28-14-27(34(44)39-18-37-15-21-11-22(16-37)31(43)23(12-21)17-37)41-42(28)30(29)25-13-26(38)32-24(19(25)2)9-8-10-47-32/h13-14,21-23,31,33,43H,7-12,15-18H2,1-6H3,(H,39,44)/t21-,22-,23+,31?,33-,37?/m0/s1.